The molecule has 0 saturated carbocycles. The molecule has 1 aliphatic rings. The van der Waals surface area contributed by atoms with Crippen LogP contribution in [-0.2, 0) is 17.7 Å². The summed E-state index contributed by atoms with van der Waals surface area (Å²) in [4.78, 5) is 32.2. The fraction of sp³-hybridized carbons (Fsp3) is 0.421. The summed E-state index contributed by atoms with van der Waals surface area (Å²) in [6.07, 6.45) is 0.376. The van der Waals surface area contributed by atoms with Gasteiger partial charge in [-0.2, -0.15) is 0 Å². The molecule has 2 N–H and O–H groups in total. The van der Waals surface area contributed by atoms with Crippen molar-refractivity contribution in [2.75, 3.05) is 24.2 Å². The Morgan fingerprint density at radius 3 is 2.56 bits per heavy atom. The number of nitrogens with zero attached hydrogens (tertiary/aromatic N) is 2. The van der Waals surface area contributed by atoms with Crippen molar-refractivity contribution in [3.8, 4) is 0 Å². The van der Waals surface area contributed by atoms with Gasteiger partial charge in [-0.25, -0.2) is 9.78 Å². The Bertz CT molecular complexity index is 840. The zero-order chi connectivity index (χ0) is 19.6. The van der Waals surface area contributed by atoms with Gasteiger partial charge in [0.25, 0.3) is 5.91 Å². The summed E-state index contributed by atoms with van der Waals surface area (Å²) in [6, 6.07) is 6.65. The zero-order valence-corrected chi connectivity index (χ0v) is 16.8. The van der Waals surface area contributed by atoms with Crippen molar-refractivity contribution in [2.45, 2.75) is 39.3 Å². The number of amides is 2. The van der Waals surface area contributed by atoms with Crippen LogP contribution in [0.3, 0.4) is 0 Å². The number of benzene rings is 1. The van der Waals surface area contributed by atoms with Crippen LogP contribution in [0.2, 0.25) is 0 Å². The number of likely N-dealkylation sites (N-methyl/N-ethyl adjacent to an activating group) is 1. The molecule has 0 saturated heterocycles. The Morgan fingerprint density at radius 2 is 1.89 bits per heavy atom. The molecule has 0 spiro atoms. The molecule has 7 nitrogen and oxygen atoms in total. The van der Waals surface area contributed by atoms with E-state index in [2.05, 4.69) is 27.6 Å². The van der Waals surface area contributed by atoms with Gasteiger partial charge < -0.3 is 9.64 Å². The van der Waals surface area contributed by atoms with Crippen LogP contribution < -0.4 is 10.6 Å². The van der Waals surface area contributed by atoms with Crippen LogP contribution in [0, 0.1) is 0 Å². The van der Waals surface area contributed by atoms with Gasteiger partial charge in [-0.3, -0.25) is 15.4 Å². The summed E-state index contributed by atoms with van der Waals surface area (Å²) < 4.78 is 5.21. The van der Waals surface area contributed by atoms with E-state index in [9.17, 15) is 9.59 Å². The number of nitrogens with one attached hydrogen (secondary N) is 2. The molecule has 27 heavy (non-hydrogen) atoms. The van der Waals surface area contributed by atoms with E-state index in [-0.39, 0.29) is 5.91 Å². The average molecular weight is 388 g/mol. The number of carbonyl (C=O) groups excluding carboxylic acids is 2. The number of carbonyl (C=O) groups is 2. The topological polar surface area (TPSA) is 83.6 Å². The smallest absolute Gasteiger partial charge is 0.412 e. The van der Waals surface area contributed by atoms with Crippen LogP contribution in [0.5, 0.6) is 0 Å². The third-order valence-corrected chi connectivity index (χ3v) is 4.93. The van der Waals surface area contributed by atoms with Gasteiger partial charge in [0.05, 0.1) is 5.69 Å². The van der Waals surface area contributed by atoms with Gasteiger partial charge >= 0.3 is 6.09 Å². The first kappa shape index (κ1) is 19.3. The summed E-state index contributed by atoms with van der Waals surface area (Å²) in [6.45, 7) is 7.25. The summed E-state index contributed by atoms with van der Waals surface area (Å²) in [7, 11) is 2.08. The van der Waals surface area contributed by atoms with Crippen LogP contribution in [0.1, 0.15) is 41.7 Å². The minimum Gasteiger partial charge on any atom is -0.444 e. The van der Waals surface area contributed by atoms with Gasteiger partial charge in [-0.05, 0) is 52.1 Å². The molecule has 1 aliphatic heterocycles. The maximum Gasteiger partial charge on any atom is 0.412 e. The van der Waals surface area contributed by atoms with Gasteiger partial charge in [-0.1, -0.05) is 0 Å². The zero-order valence-electron chi connectivity index (χ0n) is 16.0. The van der Waals surface area contributed by atoms with Gasteiger partial charge in [0, 0.05) is 35.6 Å². The number of aromatic nitrogens is 1. The number of fused-ring (bicyclic) bond motifs is 1. The van der Waals surface area contributed by atoms with Crippen LogP contribution >= 0.6 is 11.3 Å². The van der Waals surface area contributed by atoms with Crippen LogP contribution in [0.15, 0.2) is 24.3 Å². The molecular weight excluding hydrogens is 364 g/mol. The van der Waals surface area contributed by atoms with Crippen molar-refractivity contribution < 1.29 is 14.3 Å². The van der Waals surface area contributed by atoms with E-state index < -0.39 is 11.7 Å². The van der Waals surface area contributed by atoms with Gasteiger partial charge in [0.15, 0.2) is 5.13 Å². The monoisotopic (exact) mass is 388 g/mol. The molecule has 1 aromatic heterocycles. The maximum absolute atomic E-state index is 12.4. The quantitative estimate of drug-likeness (QED) is 0.837. The predicted octanol–water partition coefficient (Wildman–Crippen LogP) is 3.73. The lowest BCUT2D eigenvalue weighted by atomic mass is 10.2. The third kappa shape index (κ3) is 5.27. The van der Waals surface area contributed by atoms with Crippen molar-refractivity contribution in [2.24, 2.45) is 0 Å². The highest BCUT2D eigenvalue weighted by atomic mass is 32.1. The predicted molar refractivity (Wildman–Crippen MR) is 106 cm³/mol. The molecule has 0 aliphatic carbocycles. The Hall–Kier alpha value is -2.45. The van der Waals surface area contributed by atoms with Crippen molar-refractivity contribution in [3.63, 3.8) is 0 Å². The Balaban J connectivity index is 1.60. The summed E-state index contributed by atoms with van der Waals surface area (Å²) >= 11 is 1.52. The molecule has 3 rings (SSSR count). The SMILES string of the molecule is CN1CCc2nc(NC(=O)c3ccc(NC(=O)OC(C)(C)C)cc3)sc2C1. The van der Waals surface area contributed by atoms with Crippen molar-refractivity contribution in [1.82, 2.24) is 9.88 Å². The molecule has 2 amide bonds. The molecule has 2 aromatic rings. The summed E-state index contributed by atoms with van der Waals surface area (Å²) in [5.41, 5.74) is 1.57. The molecular formula is C19H24N4O3S. The second-order valence-corrected chi connectivity index (χ2v) is 8.62. The highest BCUT2D eigenvalue weighted by Crippen LogP contribution is 2.28. The third-order valence-electron chi connectivity index (χ3n) is 3.93. The Morgan fingerprint density at radius 1 is 1.19 bits per heavy atom. The molecule has 2 heterocycles. The fourth-order valence-corrected chi connectivity index (χ4v) is 3.76. The molecule has 0 fully saturated rings. The average Bonchev–Trinajstić information content (AvgIpc) is 2.94. The standard InChI is InChI=1S/C19H24N4O3S/c1-19(2,3)26-18(25)20-13-7-5-12(6-8-13)16(24)22-17-21-14-9-10-23(4)11-15(14)27-17/h5-8H,9-11H2,1-4H3,(H,20,25)(H,21,22,24). The highest BCUT2D eigenvalue weighted by molar-refractivity contribution is 7.15. The van der Waals surface area contributed by atoms with E-state index in [1.807, 2.05) is 0 Å². The number of thiazole rings is 1. The van der Waals surface area contributed by atoms with Crippen LogP contribution in [0.4, 0.5) is 15.6 Å². The molecule has 1 aromatic carbocycles. The highest BCUT2D eigenvalue weighted by Gasteiger charge is 2.20. The van der Waals surface area contributed by atoms with Gasteiger partial charge in [0.2, 0.25) is 0 Å². The summed E-state index contributed by atoms with van der Waals surface area (Å²) in [5.74, 6) is -0.224. The van der Waals surface area contributed by atoms with Crippen LogP contribution in [-0.4, -0.2) is 41.1 Å². The molecule has 8 heteroatoms. The lowest BCUT2D eigenvalue weighted by Crippen LogP contribution is -2.27. The molecule has 0 atom stereocenters. The van der Waals surface area contributed by atoms with E-state index >= 15 is 0 Å². The largest absolute Gasteiger partial charge is 0.444 e. The lowest BCUT2D eigenvalue weighted by Gasteiger charge is -2.20. The second kappa shape index (κ2) is 7.66. The van der Waals surface area contributed by atoms with Crippen molar-refractivity contribution in [3.05, 3.63) is 40.4 Å². The number of hydrogen-bond donors (Lipinski definition) is 2. The first-order valence-corrected chi connectivity index (χ1v) is 9.60. The van der Waals surface area contributed by atoms with Crippen molar-refractivity contribution >= 4 is 34.2 Å². The minimum atomic E-state index is -0.564. The first-order valence-electron chi connectivity index (χ1n) is 8.78. The van der Waals surface area contributed by atoms with Crippen molar-refractivity contribution in [1.29, 1.82) is 0 Å². The Kier molecular flexibility index (Phi) is 5.48. The molecule has 0 bridgehead atoms. The van der Waals surface area contributed by atoms with Gasteiger partial charge in [-0.15, -0.1) is 11.3 Å². The van der Waals surface area contributed by atoms with E-state index in [1.54, 1.807) is 45.0 Å². The normalized spacial score (nSPS) is 14.4. The first-order chi connectivity index (χ1) is 12.7. The minimum absolute atomic E-state index is 0.224. The molecule has 0 unspecified atom stereocenters. The number of ether oxygens (including phenoxy) is 1. The maximum atomic E-state index is 12.4. The van der Waals surface area contributed by atoms with E-state index in [0.717, 1.165) is 25.2 Å². The van der Waals surface area contributed by atoms with Gasteiger partial charge in [0.1, 0.15) is 5.60 Å². The Labute approximate surface area is 162 Å². The number of hydrogen-bond acceptors (Lipinski definition) is 6. The number of rotatable bonds is 3. The molecule has 0 radical (unpaired) electrons. The van der Waals surface area contributed by atoms with Crippen LogP contribution in [0.25, 0.3) is 0 Å². The fourth-order valence-electron chi connectivity index (χ4n) is 2.67. The number of anilines is 2. The molecule has 144 valence electrons. The van der Waals surface area contributed by atoms with E-state index in [4.69, 9.17) is 4.74 Å². The summed E-state index contributed by atoms with van der Waals surface area (Å²) in [5, 5.41) is 6.12. The lowest BCUT2D eigenvalue weighted by molar-refractivity contribution is 0.0636. The van der Waals surface area contributed by atoms with E-state index in [0.29, 0.717) is 16.4 Å². The van der Waals surface area contributed by atoms with E-state index in [1.165, 1.54) is 16.2 Å². The second-order valence-electron chi connectivity index (χ2n) is 7.54.